The summed E-state index contributed by atoms with van der Waals surface area (Å²) in [5.74, 6) is 0. The summed E-state index contributed by atoms with van der Waals surface area (Å²) in [6, 6.07) is 6.96. The third-order valence-corrected chi connectivity index (χ3v) is 2.65. The lowest BCUT2D eigenvalue weighted by molar-refractivity contribution is -0.384. The molecule has 0 unspecified atom stereocenters. The first-order chi connectivity index (χ1) is 7.75. The number of anilines is 1. The minimum Gasteiger partial charge on any atom is -0.382 e. The Morgan fingerprint density at radius 3 is 2.81 bits per heavy atom. The van der Waals surface area contributed by atoms with Gasteiger partial charge in [0.25, 0.3) is 5.69 Å². The maximum atomic E-state index is 10.6. The Kier molecular flexibility index (Phi) is 3.36. The van der Waals surface area contributed by atoms with Crippen molar-refractivity contribution in [2.75, 3.05) is 18.5 Å². The molecule has 0 radical (unpaired) electrons. The van der Waals surface area contributed by atoms with Gasteiger partial charge in [-0.15, -0.1) is 0 Å². The van der Waals surface area contributed by atoms with Crippen LogP contribution in [0.4, 0.5) is 11.4 Å². The lowest BCUT2D eigenvalue weighted by atomic mass is 10.1. The zero-order chi connectivity index (χ0) is 11.4. The Bertz CT molecular complexity index is 375. The monoisotopic (exact) mass is 222 g/mol. The highest BCUT2D eigenvalue weighted by Gasteiger charge is 2.14. The molecular weight excluding hydrogens is 208 g/mol. The molecule has 1 aromatic rings. The van der Waals surface area contributed by atoms with E-state index in [1.54, 1.807) is 12.1 Å². The summed E-state index contributed by atoms with van der Waals surface area (Å²) in [6.07, 6.45) is 1.89. The van der Waals surface area contributed by atoms with E-state index in [4.69, 9.17) is 4.74 Å². The van der Waals surface area contributed by atoms with Crippen molar-refractivity contribution < 1.29 is 9.66 Å². The van der Waals surface area contributed by atoms with Crippen LogP contribution in [-0.4, -0.2) is 24.2 Å². The topological polar surface area (TPSA) is 64.4 Å². The molecule has 0 amide bonds. The first-order valence-electron chi connectivity index (χ1n) is 5.34. The van der Waals surface area contributed by atoms with Crippen molar-refractivity contribution in [3.05, 3.63) is 34.4 Å². The second-order valence-electron chi connectivity index (χ2n) is 3.84. The second-order valence-corrected chi connectivity index (χ2v) is 3.84. The van der Waals surface area contributed by atoms with Crippen LogP contribution in [-0.2, 0) is 4.74 Å². The Labute approximate surface area is 93.6 Å². The SMILES string of the molecule is O=[N+]([O-])c1cccc(NC2CCOCC2)c1. The Hall–Kier alpha value is -1.62. The number of hydrogen-bond donors (Lipinski definition) is 1. The van der Waals surface area contributed by atoms with Crippen LogP contribution in [0.3, 0.4) is 0 Å². The summed E-state index contributed by atoms with van der Waals surface area (Å²) in [6.45, 7) is 1.51. The molecule has 16 heavy (non-hydrogen) atoms. The molecule has 1 aliphatic rings. The first-order valence-corrected chi connectivity index (χ1v) is 5.34. The normalized spacial score (nSPS) is 17.0. The van der Waals surface area contributed by atoms with Gasteiger partial charge in [-0.2, -0.15) is 0 Å². The molecule has 0 aliphatic carbocycles. The number of rotatable bonds is 3. The van der Waals surface area contributed by atoms with E-state index in [0.717, 1.165) is 31.7 Å². The predicted octanol–water partition coefficient (Wildman–Crippen LogP) is 2.19. The summed E-state index contributed by atoms with van der Waals surface area (Å²) < 4.78 is 5.25. The van der Waals surface area contributed by atoms with E-state index in [0.29, 0.717) is 6.04 Å². The van der Waals surface area contributed by atoms with Crippen LogP contribution in [0.1, 0.15) is 12.8 Å². The van der Waals surface area contributed by atoms with Gasteiger partial charge in [-0.05, 0) is 18.9 Å². The number of nitrogens with zero attached hydrogens (tertiary/aromatic N) is 1. The molecule has 0 aromatic heterocycles. The van der Waals surface area contributed by atoms with Crippen LogP contribution < -0.4 is 5.32 Å². The average Bonchev–Trinajstić information content (AvgIpc) is 2.30. The summed E-state index contributed by atoms with van der Waals surface area (Å²) >= 11 is 0. The highest BCUT2D eigenvalue weighted by atomic mass is 16.6. The highest BCUT2D eigenvalue weighted by Crippen LogP contribution is 2.20. The van der Waals surface area contributed by atoms with Gasteiger partial charge < -0.3 is 10.1 Å². The van der Waals surface area contributed by atoms with E-state index in [1.807, 2.05) is 6.07 Å². The van der Waals surface area contributed by atoms with Gasteiger partial charge in [-0.25, -0.2) is 0 Å². The van der Waals surface area contributed by atoms with Gasteiger partial charge in [0.05, 0.1) is 4.92 Å². The molecule has 0 saturated carbocycles. The number of ether oxygens (including phenoxy) is 1. The smallest absolute Gasteiger partial charge is 0.271 e. The van der Waals surface area contributed by atoms with E-state index in [2.05, 4.69) is 5.32 Å². The van der Waals surface area contributed by atoms with Crippen LogP contribution in [0.5, 0.6) is 0 Å². The van der Waals surface area contributed by atoms with Gasteiger partial charge >= 0.3 is 0 Å². The number of non-ortho nitro benzene ring substituents is 1. The lowest BCUT2D eigenvalue weighted by Gasteiger charge is -2.23. The molecule has 1 aliphatic heterocycles. The van der Waals surface area contributed by atoms with Crippen LogP contribution in [0.2, 0.25) is 0 Å². The van der Waals surface area contributed by atoms with Crippen molar-refractivity contribution in [2.45, 2.75) is 18.9 Å². The molecule has 1 aromatic carbocycles. The lowest BCUT2D eigenvalue weighted by Crippen LogP contribution is -2.27. The fraction of sp³-hybridized carbons (Fsp3) is 0.455. The molecule has 0 atom stereocenters. The zero-order valence-corrected chi connectivity index (χ0v) is 8.89. The van der Waals surface area contributed by atoms with Gasteiger partial charge in [0.1, 0.15) is 0 Å². The van der Waals surface area contributed by atoms with E-state index in [1.165, 1.54) is 6.07 Å². The Morgan fingerprint density at radius 1 is 1.38 bits per heavy atom. The molecular formula is C11H14N2O3. The van der Waals surface area contributed by atoms with Gasteiger partial charge in [-0.3, -0.25) is 10.1 Å². The molecule has 1 N–H and O–H groups in total. The summed E-state index contributed by atoms with van der Waals surface area (Å²) in [5, 5.41) is 13.9. The Morgan fingerprint density at radius 2 is 2.12 bits per heavy atom. The van der Waals surface area contributed by atoms with Gasteiger partial charge in [0.2, 0.25) is 0 Å². The van der Waals surface area contributed by atoms with Crippen molar-refractivity contribution in [1.82, 2.24) is 0 Å². The number of nitro benzene ring substituents is 1. The fourth-order valence-electron chi connectivity index (χ4n) is 1.79. The van der Waals surface area contributed by atoms with Crippen LogP contribution in [0, 0.1) is 10.1 Å². The zero-order valence-electron chi connectivity index (χ0n) is 8.89. The standard InChI is InChI=1S/C11H14N2O3/c14-13(15)11-3-1-2-10(8-11)12-9-4-6-16-7-5-9/h1-3,8-9,12H,4-7H2. The summed E-state index contributed by atoms with van der Waals surface area (Å²) in [7, 11) is 0. The second kappa shape index (κ2) is 4.94. The van der Waals surface area contributed by atoms with Crippen molar-refractivity contribution in [3.8, 4) is 0 Å². The molecule has 1 heterocycles. The van der Waals surface area contributed by atoms with Crippen LogP contribution in [0.25, 0.3) is 0 Å². The molecule has 1 saturated heterocycles. The Balaban J connectivity index is 2.02. The minimum absolute atomic E-state index is 0.122. The summed E-state index contributed by atoms with van der Waals surface area (Å²) in [5.41, 5.74) is 0.929. The number of hydrogen-bond acceptors (Lipinski definition) is 4. The van der Waals surface area contributed by atoms with Crippen LogP contribution in [0.15, 0.2) is 24.3 Å². The van der Waals surface area contributed by atoms with Crippen molar-refractivity contribution >= 4 is 11.4 Å². The maximum Gasteiger partial charge on any atom is 0.271 e. The van der Waals surface area contributed by atoms with E-state index >= 15 is 0 Å². The third kappa shape index (κ3) is 2.70. The average molecular weight is 222 g/mol. The highest BCUT2D eigenvalue weighted by molar-refractivity contribution is 5.51. The quantitative estimate of drug-likeness (QED) is 0.629. The maximum absolute atomic E-state index is 10.6. The molecule has 0 bridgehead atoms. The third-order valence-electron chi connectivity index (χ3n) is 2.65. The van der Waals surface area contributed by atoms with E-state index in [-0.39, 0.29) is 10.6 Å². The first kappa shape index (κ1) is 10.9. The minimum atomic E-state index is -0.380. The summed E-state index contributed by atoms with van der Waals surface area (Å²) in [4.78, 5) is 10.2. The van der Waals surface area contributed by atoms with Gasteiger partial charge in [0.15, 0.2) is 0 Å². The molecule has 1 fully saturated rings. The molecule has 0 spiro atoms. The number of benzene rings is 1. The molecule has 2 rings (SSSR count). The number of nitro groups is 1. The van der Waals surface area contributed by atoms with E-state index in [9.17, 15) is 10.1 Å². The molecule has 86 valence electrons. The number of nitrogens with one attached hydrogen (secondary N) is 1. The largest absolute Gasteiger partial charge is 0.382 e. The van der Waals surface area contributed by atoms with E-state index < -0.39 is 0 Å². The van der Waals surface area contributed by atoms with Crippen LogP contribution >= 0.6 is 0 Å². The van der Waals surface area contributed by atoms with Gasteiger partial charge in [-0.1, -0.05) is 6.07 Å². The van der Waals surface area contributed by atoms with Crippen molar-refractivity contribution in [2.24, 2.45) is 0 Å². The van der Waals surface area contributed by atoms with Crippen molar-refractivity contribution in [3.63, 3.8) is 0 Å². The van der Waals surface area contributed by atoms with Crippen molar-refractivity contribution in [1.29, 1.82) is 0 Å². The fourth-order valence-corrected chi connectivity index (χ4v) is 1.79. The predicted molar refractivity (Wildman–Crippen MR) is 60.6 cm³/mol. The molecule has 5 heteroatoms. The van der Waals surface area contributed by atoms with Gasteiger partial charge in [0, 0.05) is 37.1 Å². The molecule has 5 nitrogen and oxygen atoms in total.